The minimum absolute atomic E-state index is 0.0809. The Labute approximate surface area is 129 Å². The van der Waals surface area contributed by atoms with Gasteiger partial charge in [0.25, 0.3) is 0 Å². The Bertz CT molecular complexity index is 350. The number of nitrogens with zero attached hydrogens (tertiary/aromatic N) is 1. The van der Waals surface area contributed by atoms with E-state index in [1.54, 1.807) is 0 Å². The second-order valence-electron chi connectivity index (χ2n) is 8.31. The first-order valence-electron chi connectivity index (χ1n) is 8.50. The summed E-state index contributed by atoms with van der Waals surface area (Å²) in [6.45, 7) is 9.81. The fourth-order valence-corrected chi connectivity index (χ4v) is 4.14. The molecule has 3 atom stereocenters. The predicted octanol–water partition coefficient (Wildman–Crippen LogP) is 3.15. The number of amides is 2. The van der Waals surface area contributed by atoms with E-state index in [0.717, 1.165) is 38.6 Å². The van der Waals surface area contributed by atoms with Gasteiger partial charge in [0.2, 0.25) is 0 Å². The number of carbonyl (C=O) groups excluding carboxylic acids is 1. The summed E-state index contributed by atoms with van der Waals surface area (Å²) in [7, 11) is 0. The molecule has 2 rings (SSSR count). The summed E-state index contributed by atoms with van der Waals surface area (Å²) < 4.78 is 0. The number of aliphatic hydroxyl groups excluding tert-OH is 1. The number of hydrogen-bond acceptors (Lipinski definition) is 2. The van der Waals surface area contributed by atoms with Crippen molar-refractivity contribution in [1.29, 1.82) is 0 Å². The van der Waals surface area contributed by atoms with E-state index in [9.17, 15) is 9.90 Å². The molecule has 0 radical (unpaired) electrons. The Hall–Kier alpha value is -0.770. The molecule has 122 valence electrons. The van der Waals surface area contributed by atoms with Crippen molar-refractivity contribution >= 4 is 6.03 Å². The van der Waals surface area contributed by atoms with E-state index in [-0.39, 0.29) is 24.2 Å². The van der Waals surface area contributed by atoms with Gasteiger partial charge in [0.05, 0.1) is 6.10 Å². The molecule has 2 N–H and O–H groups in total. The van der Waals surface area contributed by atoms with Crippen LogP contribution in [-0.4, -0.2) is 40.8 Å². The SMILES string of the molecule is CC(CCNC(=O)N1C2CCC1CC(O)C2)CC(C)(C)C. The number of nitrogens with one attached hydrogen (secondary N) is 1. The third-order valence-corrected chi connectivity index (χ3v) is 4.82. The van der Waals surface area contributed by atoms with Gasteiger partial charge in [0.1, 0.15) is 0 Å². The van der Waals surface area contributed by atoms with E-state index in [2.05, 4.69) is 33.0 Å². The zero-order valence-corrected chi connectivity index (χ0v) is 14.1. The van der Waals surface area contributed by atoms with E-state index in [4.69, 9.17) is 0 Å². The molecule has 2 saturated heterocycles. The van der Waals surface area contributed by atoms with Crippen molar-refractivity contribution in [2.24, 2.45) is 11.3 Å². The van der Waals surface area contributed by atoms with Gasteiger partial charge in [0, 0.05) is 18.6 Å². The van der Waals surface area contributed by atoms with Gasteiger partial charge in [-0.2, -0.15) is 0 Å². The van der Waals surface area contributed by atoms with E-state index < -0.39 is 0 Å². The first-order valence-corrected chi connectivity index (χ1v) is 8.50. The lowest BCUT2D eigenvalue weighted by Crippen LogP contribution is -2.52. The molecule has 2 amide bonds. The van der Waals surface area contributed by atoms with Crippen LogP contribution in [0.2, 0.25) is 0 Å². The van der Waals surface area contributed by atoms with Crippen LogP contribution in [0.15, 0.2) is 0 Å². The highest BCUT2D eigenvalue weighted by molar-refractivity contribution is 5.75. The quantitative estimate of drug-likeness (QED) is 0.837. The molecule has 2 bridgehead atoms. The molecule has 0 aromatic rings. The minimum Gasteiger partial charge on any atom is -0.393 e. The average molecular weight is 296 g/mol. The molecule has 4 heteroatoms. The zero-order chi connectivity index (χ0) is 15.6. The summed E-state index contributed by atoms with van der Waals surface area (Å²) in [5.74, 6) is 0.630. The van der Waals surface area contributed by atoms with E-state index in [0.29, 0.717) is 11.3 Å². The van der Waals surface area contributed by atoms with Gasteiger partial charge in [-0.25, -0.2) is 4.79 Å². The number of rotatable bonds is 4. The summed E-state index contributed by atoms with van der Waals surface area (Å²) in [5, 5.41) is 12.9. The van der Waals surface area contributed by atoms with Crippen molar-refractivity contribution in [1.82, 2.24) is 10.2 Å². The van der Waals surface area contributed by atoms with Gasteiger partial charge in [-0.05, 0) is 49.9 Å². The van der Waals surface area contributed by atoms with Crippen LogP contribution >= 0.6 is 0 Å². The van der Waals surface area contributed by atoms with Crippen LogP contribution in [-0.2, 0) is 0 Å². The summed E-state index contributed by atoms with van der Waals surface area (Å²) >= 11 is 0. The molecule has 3 unspecified atom stereocenters. The smallest absolute Gasteiger partial charge is 0.317 e. The highest BCUT2D eigenvalue weighted by Crippen LogP contribution is 2.35. The summed E-state index contributed by atoms with van der Waals surface area (Å²) in [5.41, 5.74) is 0.353. The molecular formula is C17H32N2O2. The molecule has 2 aliphatic heterocycles. The lowest BCUT2D eigenvalue weighted by molar-refractivity contribution is 0.0542. The zero-order valence-electron chi connectivity index (χ0n) is 14.1. The largest absolute Gasteiger partial charge is 0.393 e. The Morgan fingerprint density at radius 3 is 2.38 bits per heavy atom. The van der Waals surface area contributed by atoms with Crippen molar-refractivity contribution < 1.29 is 9.90 Å². The van der Waals surface area contributed by atoms with E-state index in [1.807, 2.05) is 4.90 Å². The highest BCUT2D eigenvalue weighted by atomic mass is 16.3. The molecule has 2 aliphatic rings. The number of aliphatic hydroxyl groups is 1. The normalized spacial score (nSPS) is 30.3. The summed E-state index contributed by atoms with van der Waals surface area (Å²) in [6.07, 6.45) is 5.62. The van der Waals surface area contributed by atoms with Crippen LogP contribution in [0.25, 0.3) is 0 Å². The molecular weight excluding hydrogens is 264 g/mol. The van der Waals surface area contributed by atoms with Crippen LogP contribution in [0.3, 0.4) is 0 Å². The van der Waals surface area contributed by atoms with Crippen LogP contribution in [0, 0.1) is 11.3 Å². The third kappa shape index (κ3) is 4.60. The second-order valence-corrected chi connectivity index (χ2v) is 8.31. The maximum atomic E-state index is 12.4. The van der Waals surface area contributed by atoms with Crippen molar-refractivity contribution in [3.8, 4) is 0 Å². The molecule has 4 nitrogen and oxygen atoms in total. The van der Waals surface area contributed by atoms with Crippen LogP contribution in [0.1, 0.15) is 66.2 Å². The Balaban J connectivity index is 1.73. The van der Waals surface area contributed by atoms with Gasteiger partial charge < -0.3 is 15.3 Å². The minimum atomic E-state index is -0.210. The average Bonchev–Trinajstić information content (AvgIpc) is 2.59. The van der Waals surface area contributed by atoms with Crippen LogP contribution < -0.4 is 5.32 Å². The Kier molecular flexibility index (Phi) is 5.18. The topological polar surface area (TPSA) is 52.6 Å². The summed E-state index contributed by atoms with van der Waals surface area (Å²) in [4.78, 5) is 14.4. The fraction of sp³-hybridized carbons (Fsp3) is 0.941. The predicted molar refractivity (Wildman–Crippen MR) is 85.1 cm³/mol. The van der Waals surface area contributed by atoms with Gasteiger partial charge in [-0.3, -0.25) is 0 Å². The monoisotopic (exact) mass is 296 g/mol. The molecule has 0 aromatic carbocycles. The molecule has 0 saturated carbocycles. The molecule has 2 fully saturated rings. The number of urea groups is 1. The van der Waals surface area contributed by atoms with Crippen molar-refractivity contribution in [3.63, 3.8) is 0 Å². The number of hydrogen-bond donors (Lipinski definition) is 2. The standard InChI is InChI=1S/C17H32N2O2/c1-12(11-17(2,3)4)7-8-18-16(21)19-13-5-6-14(19)10-15(20)9-13/h12-15,20H,5-11H2,1-4H3,(H,18,21). The molecule has 21 heavy (non-hydrogen) atoms. The molecule has 0 aliphatic carbocycles. The molecule has 2 heterocycles. The first kappa shape index (κ1) is 16.6. The number of carbonyl (C=O) groups is 1. The maximum Gasteiger partial charge on any atom is 0.317 e. The van der Waals surface area contributed by atoms with Crippen LogP contribution in [0.5, 0.6) is 0 Å². The lowest BCUT2D eigenvalue weighted by Gasteiger charge is -2.37. The van der Waals surface area contributed by atoms with E-state index >= 15 is 0 Å². The van der Waals surface area contributed by atoms with Gasteiger partial charge in [-0.15, -0.1) is 0 Å². The van der Waals surface area contributed by atoms with Crippen molar-refractivity contribution in [3.05, 3.63) is 0 Å². The third-order valence-electron chi connectivity index (χ3n) is 4.82. The molecule has 0 spiro atoms. The lowest BCUT2D eigenvalue weighted by atomic mass is 9.84. The van der Waals surface area contributed by atoms with E-state index in [1.165, 1.54) is 6.42 Å². The highest BCUT2D eigenvalue weighted by Gasteiger charge is 2.42. The van der Waals surface area contributed by atoms with Gasteiger partial charge in [0.15, 0.2) is 0 Å². The fourth-order valence-electron chi connectivity index (χ4n) is 4.14. The van der Waals surface area contributed by atoms with Crippen LogP contribution in [0.4, 0.5) is 4.79 Å². The number of fused-ring (bicyclic) bond motifs is 2. The van der Waals surface area contributed by atoms with Crippen molar-refractivity contribution in [2.75, 3.05) is 6.54 Å². The Morgan fingerprint density at radius 2 is 1.86 bits per heavy atom. The molecule has 0 aromatic heterocycles. The second kappa shape index (κ2) is 6.55. The summed E-state index contributed by atoms with van der Waals surface area (Å²) in [6, 6.07) is 0.592. The maximum absolute atomic E-state index is 12.4. The van der Waals surface area contributed by atoms with Gasteiger partial charge in [-0.1, -0.05) is 27.7 Å². The van der Waals surface area contributed by atoms with Crippen molar-refractivity contribution in [2.45, 2.75) is 84.4 Å². The first-order chi connectivity index (χ1) is 9.76. The Morgan fingerprint density at radius 1 is 1.29 bits per heavy atom. The number of piperidine rings is 1. The van der Waals surface area contributed by atoms with Gasteiger partial charge >= 0.3 is 6.03 Å².